The molecule has 1 aromatic carbocycles. The molecule has 80 valence electrons. The van der Waals surface area contributed by atoms with E-state index < -0.39 is 0 Å². The molecular weight excluding hydrogens is 259 g/mol. The highest BCUT2D eigenvalue weighted by atomic mass is 79.9. The number of rotatable bonds is 0. The summed E-state index contributed by atoms with van der Waals surface area (Å²) in [4.78, 5) is 0. The fourth-order valence-electron chi connectivity index (χ4n) is 2.00. The minimum absolute atomic E-state index is 0.213. The van der Waals surface area contributed by atoms with Crippen LogP contribution in [0.5, 0.6) is 0 Å². The Balaban J connectivity index is 1.96. The normalized spacial score (nSPS) is 21.2. The van der Waals surface area contributed by atoms with E-state index in [1.807, 2.05) is 0 Å². The van der Waals surface area contributed by atoms with Gasteiger partial charge in [0.2, 0.25) is 0 Å². The summed E-state index contributed by atoms with van der Waals surface area (Å²) in [7, 11) is 0. The zero-order chi connectivity index (χ0) is 10.5. The van der Waals surface area contributed by atoms with Crippen LogP contribution in [-0.2, 0) is 0 Å². The Morgan fingerprint density at radius 3 is 2.33 bits per heavy atom. The Morgan fingerprint density at radius 1 is 1.13 bits per heavy atom. The third-order valence-corrected chi connectivity index (χ3v) is 3.93. The van der Waals surface area contributed by atoms with Crippen molar-refractivity contribution in [2.45, 2.75) is 12.8 Å². The lowest BCUT2D eigenvalue weighted by atomic mass is 10.1. The van der Waals surface area contributed by atoms with Crippen LogP contribution >= 0.6 is 15.9 Å². The first-order valence-electron chi connectivity index (χ1n) is 5.15. The van der Waals surface area contributed by atoms with Crippen molar-refractivity contribution in [3.8, 4) is 0 Å². The third-order valence-electron chi connectivity index (χ3n) is 3.33. The van der Waals surface area contributed by atoms with Gasteiger partial charge in [-0.05, 0) is 34.8 Å². The molecule has 0 radical (unpaired) electrons. The maximum Gasteiger partial charge on any atom is 0.139 e. The molecule has 2 N–H and O–H groups in total. The van der Waals surface area contributed by atoms with Gasteiger partial charge in [-0.3, -0.25) is 0 Å². The van der Waals surface area contributed by atoms with Crippen molar-refractivity contribution in [3.63, 3.8) is 0 Å². The predicted octanol–water partition coefficient (Wildman–Crippen LogP) is 3.21. The van der Waals surface area contributed by atoms with Gasteiger partial charge in [0.1, 0.15) is 5.82 Å². The molecule has 0 bridgehead atoms. The van der Waals surface area contributed by atoms with E-state index in [9.17, 15) is 4.39 Å². The van der Waals surface area contributed by atoms with Crippen molar-refractivity contribution in [1.29, 1.82) is 0 Å². The van der Waals surface area contributed by atoms with E-state index in [1.165, 1.54) is 12.8 Å². The Hall–Kier alpha value is -0.770. The summed E-state index contributed by atoms with van der Waals surface area (Å²) in [5, 5.41) is 6.71. The maximum absolute atomic E-state index is 13.3. The summed E-state index contributed by atoms with van der Waals surface area (Å²) in [5.41, 5.74) is 2.29. The van der Waals surface area contributed by atoms with Crippen LogP contribution in [-0.4, -0.2) is 13.1 Å². The van der Waals surface area contributed by atoms with Crippen molar-refractivity contribution in [2.75, 3.05) is 23.7 Å². The molecule has 3 rings (SSSR count). The molecule has 2 nitrogen and oxygen atoms in total. The molecule has 2 aliphatic rings. The van der Waals surface area contributed by atoms with E-state index in [2.05, 4.69) is 26.6 Å². The molecule has 0 amide bonds. The average molecular weight is 271 g/mol. The second-order valence-corrected chi connectivity index (χ2v) is 5.37. The summed E-state index contributed by atoms with van der Waals surface area (Å²) in [5.74, 6) is -0.213. The van der Waals surface area contributed by atoms with Crippen molar-refractivity contribution < 1.29 is 4.39 Å². The molecule has 1 heterocycles. The molecule has 1 aromatic rings. The van der Waals surface area contributed by atoms with Gasteiger partial charge in [-0.1, -0.05) is 0 Å². The van der Waals surface area contributed by atoms with Gasteiger partial charge in [0.25, 0.3) is 0 Å². The number of nitrogens with one attached hydrogen (secondary N) is 2. The van der Waals surface area contributed by atoms with Gasteiger partial charge in [-0.15, -0.1) is 0 Å². The van der Waals surface area contributed by atoms with Gasteiger partial charge in [-0.2, -0.15) is 0 Å². The van der Waals surface area contributed by atoms with Crippen LogP contribution in [0.25, 0.3) is 0 Å². The van der Waals surface area contributed by atoms with Crippen LogP contribution in [0.2, 0.25) is 0 Å². The highest BCUT2D eigenvalue weighted by molar-refractivity contribution is 9.10. The fourth-order valence-corrected chi connectivity index (χ4v) is 2.34. The summed E-state index contributed by atoms with van der Waals surface area (Å²) in [6.45, 7) is 1.94. The Morgan fingerprint density at radius 2 is 1.73 bits per heavy atom. The van der Waals surface area contributed by atoms with Crippen LogP contribution in [0.3, 0.4) is 0 Å². The highest BCUT2D eigenvalue weighted by Crippen LogP contribution is 2.48. The summed E-state index contributed by atoms with van der Waals surface area (Å²) in [6.07, 6.45) is 2.54. The smallest absolute Gasteiger partial charge is 0.139 e. The van der Waals surface area contributed by atoms with E-state index in [4.69, 9.17) is 0 Å². The van der Waals surface area contributed by atoms with E-state index in [0.29, 0.717) is 9.89 Å². The quantitative estimate of drug-likeness (QED) is 0.757. The molecule has 1 aliphatic heterocycles. The minimum atomic E-state index is -0.213. The van der Waals surface area contributed by atoms with Crippen LogP contribution in [0.1, 0.15) is 12.8 Å². The number of halogens is 2. The first-order valence-corrected chi connectivity index (χ1v) is 5.95. The van der Waals surface area contributed by atoms with Crippen molar-refractivity contribution in [2.24, 2.45) is 5.41 Å². The molecule has 0 aromatic heterocycles. The number of hydrogen-bond donors (Lipinski definition) is 2. The predicted molar refractivity (Wildman–Crippen MR) is 62.7 cm³/mol. The van der Waals surface area contributed by atoms with E-state index in [1.54, 1.807) is 12.1 Å². The first kappa shape index (κ1) is 9.46. The summed E-state index contributed by atoms with van der Waals surface area (Å²) >= 11 is 3.20. The zero-order valence-electron chi connectivity index (χ0n) is 8.24. The molecule has 4 heteroatoms. The molecule has 0 saturated heterocycles. The number of anilines is 2. The molecule has 1 fully saturated rings. The Kier molecular flexibility index (Phi) is 1.96. The molecule has 0 atom stereocenters. The molecule has 1 spiro atoms. The largest absolute Gasteiger partial charge is 0.383 e. The lowest BCUT2D eigenvalue weighted by molar-refractivity contribution is 0.581. The van der Waals surface area contributed by atoms with Gasteiger partial charge in [0, 0.05) is 24.6 Å². The number of hydrogen-bond acceptors (Lipinski definition) is 2. The van der Waals surface area contributed by atoms with Crippen molar-refractivity contribution in [3.05, 3.63) is 22.4 Å². The molecule has 1 saturated carbocycles. The van der Waals surface area contributed by atoms with Crippen LogP contribution in [0.15, 0.2) is 16.6 Å². The first-order chi connectivity index (χ1) is 7.19. The standard InChI is InChI=1S/C11H12BrFN2/c12-7-3-9-10(4-8(7)13)15-6-11(1-2-11)5-14-9/h3-4,14-15H,1-2,5-6H2. The van der Waals surface area contributed by atoms with Gasteiger partial charge in [0.15, 0.2) is 0 Å². The second kappa shape index (κ2) is 3.11. The molecule has 15 heavy (non-hydrogen) atoms. The monoisotopic (exact) mass is 270 g/mol. The summed E-state index contributed by atoms with van der Waals surface area (Å²) in [6, 6.07) is 3.35. The van der Waals surface area contributed by atoms with Gasteiger partial charge in [-0.25, -0.2) is 4.39 Å². The van der Waals surface area contributed by atoms with Gasteiger partial charge < -0.3 is 10.6 Å². The minimum Gasteiger partial charge on any atom is -0.383 e. The SMILES string of the molecule is Fc1cc2c(cc1Br)NCC1(CC1)CN2. The van der Waals surface area contributed by atoms with E-state index >= 15 is 0 Å². The zero-order valence-corrected chi connectivity index (χ0v) is 9.83. The van der Waals surface area contributed by atoms with Crippen LogP contribution in [0.4, 0.5) is 15.8 Å². The van der Waals surface area contributed by atoms with E-state index in [-0.39, 0.29) is 5.82 Å². The summed E-state index contributed by atoms with van der Waals surface area (Å²) < 4.78 is 13.8. The van der Waals surface area contributed by atoms with Crippen molar-refractivity contribution in [1.82, 2.24) is 0 Å². The topological polar surface area (TPSA) is 24.1 Å². The molecule has 1 aliphatic carbocycles. The van der Waals surface area contributed by atoms with Crippen LogP contribution < -0.4 is 10.6 Å². The van der Waals surface area contributed by atoms with Crippen LogP contribution in [0, 0.1) is 11.2 Å². The average Bonchev–Trinajstić information content (AvgIpc) is 2.99. The number of fused-ring (bicyclic) bond motifs is 1. The van der Waals surface area contributed by atoms with Crippen molar-refractivity contribution >= 4 is 27.3 Å². The van der Waals surface area contributed by atoms with Gasteiger partial charge in [0.05, 0.1) is 15.8 Å². The fraction of sp³-hybridized carbons (Fsp3) is 0.455. The second-order valence-electron chi connectivity index (χ2n) is 4.52. The third kappa shape index (κ3) is 1.61. The molecular formula is C11H12BrFN2. The number of benzene rings is 1. The molecule has 0 unspecified atom stereocenters. The lowest BCUT2D eigenvalue weighted by Crippen LogP contribution is -2.19. The Bertz CT molecular complexity index is 380. The van der Waals surface area contributed by atoms with E-state index in [0.717, 1.165) is 24.5 Å². The maximum atomic E-state index is 13.3. The lowest BCUT2D eigenvalue weighted by Gasteiger charge is -2.10. The Labute approximate surface area is 96.4 Å². The van der Waals surface area contributed by atoms with Gasteiger partial charge >= 0.3 is 0 Å². The highest BCUT2D eigenvalue weighted by Gasteiger charge is 2.43.